The average molecular weight is 380 g/mol. The molecule has 1 atom stereocenters. The minimum absolute atomic E-state index is 0. The Kier molecular flexibility index (Phi) is 5.98. The summed E-state index contributed by atoms with van der Waals surface area (Å²) in [5.74, 6) is 0. The summed E-state index contributed by atoms with van der Waals surface area (Å²) in [6.07, 6.45) is 2.30. The van der Waals surface area contributed by atoms with Gasteiger partial charge in [0.1, 0.15) is 0 Å². The van der Waals surface area contributed by atoms with Crippen molar-refractivity contribution < 1.29 is 58.7 Å². The van der Waals surface area contributed by atoms with Crippen LogP contribution in [-0.2, 0) is 24.7 Å². The molecular weight excluding hydrogens is 371 g/mol. The summed E-state index contributed by atoms with van der Waals surface area (Å²) in [5.41, 5.74) is 4.46. The molecule has 13 heavy (non-hydrogen) atoms. The summed E-state index contributed by atoms with van der Waals surface area (Å²) in [6.45, 7) is 2.22. The van der Waals surface area contributed by atoms with Crippen LogP contribution < -0.4 is 34.0 Å². The van der Waals surface area contributed by atoms with E-state index in [0.717, 1.165) is 3.63 Å². The zero-order chi connectivity index (χ0) is 7.84. The molecule has 1 unspecified atom stereocenters. The van der Waals surface area contributed by atoms with Gasteiger partial charge in [-0.25, -0.2) is 0 Å². The number of fused-ring (bicyclic) bond motifs is 1. The molecule has 1 aliphatic rings. The van der Waals surface area contributed by atoms with E-state index >= 15 is 0 Å². The fourth-order valence-electron chi connectivity index (χ4n) is 1.48. The van der Waals surface area contributed by atoms with Crippen LogP contribution in [0.25, 0.3) is 6.08 Å². The number of rotatable bonds is 0. The molecule has 0 nitrogen and oxygen atoms in total. The normalized spacial score (nSPS) is 18.1. The Bertz CT molecular complexity index is 320. The van der Waals surface area contributed by atoms with E-state index in [1.54, 1.807) is 24.7 Å². The Morgan fingerprint density at radius 2 is 1.77 bits per heavy atom. The molecule has 0 amide bonds. The number of halogens is 2. The zero-order valence-corrected chi connectivity index (χ0v) is 12.9. The molecule has 0 heterocycles. The van der Waals surface area contributed by atoms with E-state index in [1.807, 2.05) is 0 Å². The molecule has 1 aromatic rings. The van der Waals surface area contributed by atoms with Gasteiger partial charge in [-0.1, -0.05) is 0 Å². The van der Waals surface area contributed by atoms with Gasteiger partial charge in [0.05, 0.1) is 0 Å². The summed E-state index contributed by atoms with van der Waals surface area (Å²) in [6, 6.07) is 8.67. The van der Waals surface area contributed by atoms with Crippen molar-refractivity contribution >= 4 is 6.08 Å². The van der Waals surface area contributed by atoms with Gasteiger partial charge in [-0.2, -0.15) is 0 Å². The van der Waals surface area contributed by atoms with E-state index < -0.39 is 0 Å². The van der Waals surface area contributed by atoms with Crippen molar-refractivity contribution in [3.05, 3.63) is 41.0 Å². The standard InChI is InChI=1S/C10H9.2BrH.Zr/c1-8-6-9-4-2-3-5-10(9)7-8;;;/h2-7H,1H3;2*1H;/q;;;+2/p-2. The maximum Gasteiger partial charge on any atom is -1.00 e. The molecule has 0 N–H and O–H groups in total. The molecule has 0 aliphatic heterocycles. The minimum atomic E-state index is 0. The maximum atomic E-state index is 2.30. The molecule has 1 aliphatic carbocycles. The summed E-state index contributed by atoms with van der Waals surface area (Å²) >= 11 is 1.60. The van der Waals surface area contributed by atoms with E-state index in [0.29, 0.717) is 0 Å². The topological polar surface area (TPSA) is 0 Å². The van der Waals surface area contributed by atoms with Crippen LogP contribution in [0.3, 0.4) is 0 Å². The van der Waals surface area contributed by atoms with Crippen molar-refractivity contribution in [1.29, 1.82) is 0 Å². The summed E-state index contributed by atoms with van der Waals surface area (Å²) in [7, 11) is 0. The predicted molar refractivity (Wildman–Crippen MR) is 42.8 cm³/mol. The first kappa shape index (κ1) is 13.8. The maximum absolute atomic E-state index is 2.30. The number of hydrogen-bond donors (Lipinski definition) is 0. The molecule has 1 aromatic carbocycles. The minimum Gasteiger partial charge on any atom is -1.00 e. The molecule has 0 saturated heterocycles. The Balaban J connectivity index is 0.000000720. The van der Waals surface area contributed by atoms with Crippen LogP contribution in [0.5, 0.6) is 0 Å². The van der Waals surface area contributed by atoms with Crippen molar-refractivity contribution in [2.24, 2.45) is 0 Å². The summed E-state index contributed by atoms with van der Waals surface area (Å²) in [5, 5.41) is 0. The molecule has 0 spiro atoms. The van der Waals surface area contributed by atoms with E-state index in [-0.39, 0.29) is 34.0 Å². The van der Waals surface area contributed by atoms with Gasteiger partial charge in [0.25, 0.3) is 0 Å². The quantitative estimate of drug-likeness (QED) is 0.443. The molecule has 0 radical (unpaired) electrons. The van der Waals surface area contributed by atoms with Gasteiger partial charge >= 0.3 is 82.3 Å². The van der Waals surface area contributed by atoms with Gasteiger partial charge in [0.2, 0.25) is 0 Å². The third-order valence-corrected chi connectivity index (χ3v) is 4.03. The third-order valence-electron chi connectivity index (χ3n) is 2.15. The third kappa shape index (κ3) is 2.64. The van der Waals surface area contributed by atoms with Crippen molar-refractivity contribution in [1.82, 2.24) is 0 Å². The van der Waals surface area contributed by atoms with Gasteiger partial charge < -0.3 is 34.0 Å². The van der Waals surface area contributed by atoms with Crippen LogP contribution in [-0.4, -0.2) is 0 Å². The van der Waals surface area contributed by atoms with Gasteiger partial charge in [-0.3, -0.25) is 0 Å². The van der Waals surface area contributed by atoms with Crippen LogP contribution in [0.15, 0.2) is 29.8 Å². The van der Waals surface area contributed by atoms with Crippen LogP contribution >= 0.6 is 0 Å². The monoisotopic (exact) mass is 377 g/mol. The fourth-order valence-corrected chi connectivity index (χ4v) is 2.33. The van der Waals surface area contributed by atoms with E-state index in [1.165, 1.54) is 16.7 Å². The number of hydrogen-bond acceptors (Lipinski definition) is 0. The van der Waals surface area contributed by atoms with Gasteiger partial charge in [-0.15, -0.1) is 0 Å². The van der Waals surface area contributed by atoms with Crippen molar-refractivity contribution in [2.75, 3.05) is 0 Å². The molecule has 2 rings (SSSR count). The molecule has 0 saturated carbocycles. The molecule has 0 fully saturated rings. The first-order valence-electron chi connectivity index (χ1n) is 3.77. The van der Waals surface area contributed by atoms with Crippen molar-refractivity contribution in [3.63, 3.8) is 0 Å². The van der Waals surface area contributed by atoms with E-state index in [4.69, 9.17) is 0 Å². The Morgan fingerprint density at radius 3 is 2.38 bits per heavy atom. The van der Waals surface area contributed by atoms with Crippen LogP contribution in [0.2, 0.25) is 0 Å². The van der Waals surface area contributed by atoms with Gasteiger partial charge in [-0.05, 0) is 0 Å². The van der Waals surface area contributed by atoms with Crippen LogP contribution in [0.1, 0.15) is 21.7 Å². The molecule has 0 bridgehead atoms. The molecule has 0 aromatic heterocycles. The van der Waals surface area contributed by atoms with Crippen molar-refractivity contribution in [2.45, 2.75) is 10.5 Å². The van der Waals surface area contributed by atoms with E-state index in [2.05, 4.69) is 37.3 Å². The molecule has 3 heteroatoms. The predicted octanol–water partition coefficient (Wildman–Crippen LogP) is -3.30. The summed E-state index contributed by atoms with van der Waals surface area (Å²) in [4.78, 5) is 0. The number of allylic oxidation sites excluding steroid dienone is 1. The first-order chi connectivity index (χ1) is 5.29. The van der Waals surface area contributed by atoms with Gasteiger partial charge in [0, 0.05) is 0 Å². The Hall–Kier alpha value is 0.803. The fraction of sp³-hybridized carbons (Fsp3) is 0.200. The Morgan fingerprint density at radius 1 is 1.15 bits per heavy atom. The van der Waals surface area contributed by atoms with Gasteiger partial charge in [0.15, 0.2) is 0 Å². The smallest absolute Gasteiger partial charge is 1.00 e. The SMILES string of the molecule is CC1=Cc2ccccc2[CH]1[Zr+2].[Br-].[Br-]. The molecule has 67 valence electrons. The zero-order valence-electron chi connectivity index (χ0n) is 7.22. The number of benzene rings is 1. The molecular formula is C10H9Br2Zr. The first-order valence-corrected chi connectivity index (χ1v) is 5.19. The Labute approximate surface area is 115 Å². The van der Waals surface area contributed by atoms with E-state index in [9.17, 15) is 0 Å². The van der Waals surface area contributed by atoms with Crippen molar-refractivity contribution in [3.8, 4) is 0 Å². The van der Waals surface area contributed by atoms with Crippen LogP contribution in [0.4, 0.5) is 0 Å². The summed E-state index contributed by atoms with van der Waals surface area (Å²) < 4.78 is 0.721. The second-order valence-corrected chi connectivity index (χ2v) is 4.37. The largest absolute Gasteiger partial charge is 1.00 e. The average Bonchev–Trinajstić information content (AvgIpc) is 2.30. The second-order valence-electron chi connectivity index (χ2n) is 2.95. The second kappa shape index (κ2) is 5.63. The van der Waals surface area contributed by atoms with Crippen LogP contribution in [0, 0.1) is 0 Å².